The largest absolute Gasteiger partial charge is 0.490 e. The Labute approximate surface area is 107 Å². The summed E-state index contributed by atoms with van der Waals surface area (Å²) in [5.41, 5.74) is 1.09. The molecule has 1 fully saturated rings. The predicted octanol–water partition coefficient (Wildman–Crippen LogP) is 4.43. The van der Waals surface area contributed by atoms with Gasteiger partial charge in [0.2, 0.25) is 0 Å². The van der Waals surface area contributed by atoms with Crippen LogP contribution in [-0.4, -0.2) is 11.5 Å². The highest BCUT2D eigenvalue weighted by atomic mass is 35.5. The average molecular weight is 259 g/mol. The molecule has 0 spiro atoms. The maximum atomic E-state index is 6.16. The van der Waals surface area contributed by atoms with Crippen LogP contribution >= 0.6 is 23.2 Å². The lowest BCUT2D eigenvalue weighted by atomic mass is 9.68. The number of benzene rings is 1. The van der Waals surface area contributed by atoms with Crippen molar-refractivity contribution in [1.82, 2.24) is 0 Å². The molecule has 0 bridgehead atoms. The van der Waals surface area contributed by atoms with Gasteiger partial charge in [-0.3, -0.25) is 0 Å². The molecule has 2 rings (SSSR count). The molecule has 16 heavy (non-hydrogen) atoms. The summed E-state index contributed by atoms with van der Waals surface area (Å²) in [5, 5.41) is 0.987. The van der Waals surface area contributed by atoms with Gasteiger partial charge >= 0.3 is 0 Å². The van der Waals surface area contributed by atoms with E-state index in [1.54, 1.807) is 0 Å². The maximum Gasteiger partial charge on any atom is 0.120 e. The van der Waals surface area contributed by atoms with Gasteiger partial charge in [-0.2, -0.15) is 0 Å². The van der Waals surface area contributed by atoms with Gasteiger partial charge in [0.15, 0.2) is 0 Å². The standard InChI is InChI=1S/C13H16Cl2O/c1-8-6-9(4-5-10(8)14)16-12-7-11(15)13(12,2)3/h4-6,11-12H,7H2,1-3H3. The van der Waals surface area contributed by atoms with Crippen molar-refractivity contribution in [2.45, 2.75) is 38.7 Å². The Bertz CT molecular complexity index is 401. The van der Waals surface area contributed by atoms with Crippen molar-refractivity contribution in [2.24, 2.45) is 5.41 Å². The minimum atomic E-state index is 0.0507. The molecule has 2 atom stereocenters. The van der Waals surface area contributed by atoms with E-state index < -0.39 is 0 Å². The van der Waals surface area contributed by atoms with E-state index in [2.05, 4.69) is 13.8 Å². The Morgan fingerprint density at radius 3 is 2.56 bits per heavy atom. The zero-order valence-electron chi connectivity index (χ0n) is 9.76. The monoisotopic (exact) mass is 258 g/mol. The average Bonchev–Trinajstić information content (AvgIpc) is 2.23. The molecule has 1 nitrogen and oxygen atoms in total. The SMILES string of the molecule is Cc1cc(OC2CC(Cl)C2(C)C)ccc1Cl. The number of rotatable bonds is 2. The summed E-state index contributed by atoms with van der Waals surface area (Å²) in [5.74, 6) is 0.878. The molecule has 1 aliphatic rings. The smallest absolute Gasteiger partial charge is 0.120 e. The molecule has 0 amide bonds. The van der Waals surface area contributed by atoms with Crippen molar-refractivity contribution in [1.29, 1.82) is 0 Å². The lowest BCUT2D eigenvalue weighted by Crippen LogP contribution is -2.53. The van der Waals surface area contributed by atoms with E-state index in [0.29, 0.717) is 0 Å². The van der Waals surface area contributed by atoms with Crippen LogP contribution in [0.15, 0.2) is 18.2 Å². The van der Waals surface area contributed by atoms with Gasteiger partial charge < -0.3 is 4.74 Å². The van der Waals surface area contributed by atoms with Gasteiger partial charge in [0.05, 0.1) is 0 Å². The van der Waals surface area contributed by atoms with E-state index in [9.17, 15) is 0 Å². The Balaban J connectivity index is 2.08. The topological polar surface area (TPSA) is 9.23 Å². The van der Waals surface area contributed by atoms with E-state index in [-0.39, 0.29) is 16.9 Å². The fourth-order valence-electron chi connectivity index (χ4n) is 1.89. The quantitative estimate of drug-likeness (QED) is 0.714. The zero-order chi connectivity index (χ0) is 11.9. The van der Waals surface area contributed by atoms with Gasteiger partial charge in [-0.05, 0) is 30.7 Å². The first-order valence-electron chi connectivity index (χ1n) is 5.48. The maximum absolute atomic E-state index is 6.16. The Morgan fingerprint density at radius 1 is 1.38 bits per heavy atom. The molecular formula is C13H16Cl2O. The van der Waals surface area contributed by atoms with Crippen LogP contribution < -0.4 is 4.74 Å². The molecule has 0 aliphatic heterocycles. The van der Waals surface area contributed by atoms with E-state index in [0.717, 1.165) is 22.8 Å². The molecule has 0 heterocycles. The third-order valence-electron chi connectivity index (χ3n) is 3.47. The molecule has 0 N–H and O–H groups in total. The van der Waals surface area contributed by atoms with Gasteiger partial charge in [-0.25, -0.2) is 0 Å². The van der Waals surface area contributed by atoms with E-state index in [4.69, 9.17) is 27.9 Å². The van der Waals surface area contributed by atoms with Crippen molar-refractivity contribution >= 4 is 23.2 Å². The number of alkyl halides is 1. The van der Waals surface area contributed by atoms with Gasteiger partial charge in [0.1, 0.15) is 11.9 Å². The molecule has 2 unspecified atom stereocenters. The van der Waals surface area contributed by atoms with Crippen LogP contribution in [0, 0.1) is 12.3 Å². The zero-order valence-corrected chi connectivity index (χ0v) is 11.3. The van der Waals surface area contributed by atoms with Crippen molar-refractivity contribution in [3.05, 3.63) is 28.8 Å². The van der Waals surface area contributed by atoms with Crippen LogP contribution in [0.1, 0.15) is 25.8 Å². The van der Waals surface area contributed by atoms with Crippen LogP contribution in [0.3, 0.4) is 0 Å². The first-order valence-corrected chi connectivity index (χ1v) is 6.29. The Hall–Kier alpha value is -0.400. The number of ether oxygens (including phenoxy) is 1. The molecule has 1 aromatic rings. The Kier molecular flexibility index (Phi) is 3.11. The molecule has 3 heteroatoms. The summed E-state index contributed by atoms with van der Waals surface area (Å²) in [4.78, 5) is 0. The molecule has 1 aliphatic carbocycles. The van der Waals surface area contributed by atoms with Crippen molar-refractivity contribution in [2.75, 3.05) is 0 Å². The molecule has 1 aromatic carbocycles. The van der Waals surface area contributed by atoms with Crippen molar-refractivity contribution < 1.29 is 4.74 Å². The second-order valence-corrected chi connectivity index (χ2v) is 5.98. The fraction of sp³-hybridized carbons (Fsp3) is 0.538. The normalized spacial score (nSPS) is 27.3. The number of hydrogen-bond donors (Lipinski definition) is 0. The van der Waals surface area contributed by atoms with Crippen LogP contribution in [-0.2, 0) is 0 Å². The third-order valence-corrected chi connectivity index (χ3v) is 4.63. The van der Waals surface area contributed by atoms with E-state index in [1.165, 1.54) is 0 Å². The molecular weight excluding hydrogens is 243 g/mol. The summed E-state index contributed by atoms with van der Waals surface area (Å²) in [7, 11) is 0. The van der Waals surface area contributed by atoms with Gasteiger partial charge in [-0.1, -0.05) is 25.4 Å². The van der Waals surface area contributed by atoms with Crippen LogP contribution in [0.25, 0.3) is 0 Å². The second-order valence-electron chi connectivity index (χ2n) is 5.04. The minimum Gasteiger partial charge on any atom is -0.490 e. The number of halogens is 2. The summed E-state index contributed by atoms with van der Waals surface area (Å²) >= 11 is 12.1. The fourth-order valence-corrected chi connectivity index (χ4v) is 2.31. The summed E-state index contributed by atoms with van der Waals surface area (Å²) in [6.45, 7) is 6.26. The predicted molar refractivity (Wildman–Crippen MR) is 68.6 cm³/mol. The minimum absolute atomic E-state index is 0.0507. The van der Waals surface area contributed by atoms with Crippen molar-refractivity contribution in [3.63, 3.8) is 0 Å². The van der Waals surface area contributed by atoms with Crippen LogP contribution in [0.5, 0.6) is 5.75 Å². The van der Waals surface area contributed by atoms with Gasteiger partial charge in [0, 0.05) is 22.2 Å². The van der Waals surface area contributed by atoms with Crippen LogP contribution in [0.2, 0.25) is 5.02 Å². The molecule has 0 saturated heterocycles. The third kappa shape index (κ3) is 2.03. The first kappa shape index (κ1) is 12.1. The summed E-state index contributed by atoms with van der Waals surface area (Å²) in [6.07, 6.45) is 1.12. The lowest BCUT2D eigenvalue weighted by molar-refractivity contribution is -0.0130. The molecule has 0 radical (unpaired) electrons. The molecule has 88 valence electrons. The highest BCUT2D eigenvalue weighted by molar-refractivity contribution is 6.31. The highest BCUT2D eigenvalue weighted by Gasteiger charge is 2.49. The van der Waals surface area contributed by atoms with Crippen LogP contribution in [0.4, 0.5) is 0 Å². The summed E-state index contributed by atoms with van der Waals surface area (Å²) in [6, 6.07) is 5.75. The summed E-state index contributed by atoms with van der Waals surface area (Å²) < 4.78 is 5.93. The van der Waals surface area contributed by atoms with E-state index in [1.807, 2.05) is 25.1 Å². The second kappa shape index (κ2) is 4.12. The van der Waals surface area contributed by atoms with Crippen molar-refractivity contribution in [3.8, 4) is 5.75 Å². The van der Waals surface area contributed by atoms with Gasteiger partial charge in [0.25, 0.3) is 0 Å². The number of aryl methyl sites for hydroxylation is 1. The van der Waals surface area contributed by atoms with E-state index >= 15 is 0 Å². The molecule has 0 aromatic heterocycles. The lowest BCUT2D eigenvalue weighted by Gasteiger charge is -2.48. The van der Waals surface area contributed by atoms with Gasteiger partial charge in [-0.15, -0.1) is 11.6 Å². The molecule has 1 saturated carbocycles. The highest BCUT2D eigenvalue weighted by Crippen LogP contribution is 2.46. The number of hydrogen-bond acceptors (Lipinski definition) is 1. The first-order chi connectivity index (χ1) is 7.41. The Morgan fingerprint density at radius 2 is 2.06 bits per heavy atom.